The predicted molar refractivity (Wildman–Crippen MR) is 79.2 cm³/mol. The van der Waals surface area contributed by atoms with Gasteiger partial charge < -0.3 is 9.47 Å². The van der Waals surface area contributed by atoms with Gasteiger partial charge in [0.25, 0.3) is 0 Å². The Labute approximate surface area is 131 Å². The minimum absolute atomic E-state index is 0.0890. The van der Waals surface area contributed by atoms with Gasteiger partial charge in [0, 0.05) is 17.8 Å². The minimum atomic E-state index is -0.809. The first-order valence-corrected chi connectivity index (χ1v) is 8.44. The molecule has 0 aromatic carbocycles. The minimum Gasteiger partial charge on any atom is -0.341 e. The summed E-state index contributed by atoms with van der Waals surface area (Å²) in [5.74, 6) is -0.397. The van der Waals surface area contributed by atoms with Gasteiger partial charge in [-0.15, -0.1) is 0 Å². The van der Waals surface area contributed by atoms with Crippen molar-refractivity contribution < 1.29 is 9.47 Å². The van der Waals surface area contributed by atoms with Gasteiger partial charge in [0.2, 0.25) is 0 Å². The Kier molecular flexibility index (Phi) is 2.81. The van der Waals surface area contributed by atoms with Crippen LogP contribution in [0.5, 0.6) is 0 Å². The first-order valence-electron chi connectivity index (χ1n) is 8.44. The van der Waals surface area contributed by atoms with Crippen LogP contribution < -0.4 is 0 Å². The van der Waals surface area contributed by atoms with Gasteiger partial charge in [-0.1, -0.05) is 18.4 Å². The molecule has 0 aromatic rings. The fourth-order valence-electron chi connectivity index (χ4n) is 5.33. The summed E-state index contributed by atoms with van der Waals surface area (Å²) in [6.45, 7) is 4.08. The molecule has 0 N–H and O–H groups in total. The summed E-state index contributed by atoms with van der Waals surface area (Å²) in [5, 5.41) is 19.4. The lowest BCUT2D eigenvalue weighted by Crippen LogP contribution is -2.25. The van der Waals surface area contributed by atoms with Crippen LogP contribution in [0.4, 0.5) is 0 Å². The maximum atomic E-state index is 9.69. The molecule has 0 radical (unpaired) electrons. The van der Waals surface area contributed by atoms with Crippen molar-refractivity contribution in [2.75, 3.05) is 0 Å². The van der Waals surface area contributed by atoms with Gasteiger partial charge in [-0.05, 0) is 39.2 Å². The number of fused-ring (bicyclic) bond motifs is 1. The summed E-state index contributed by atoms with van der Waals surface area (Å²) >= 11 is 0. The second-order valence-electron chi connectivity index (χ2n) is 7.43. The average molecular weight is 298 g/mol. The third-order valence-corrected chi connectivity index (χ3v) is 6.55. The highest BCUT2D eigenvalue weighted by atomic mass is 16.8. The van der Waals surface area contributed by atoms with Crippen LogP contribution in [0.15, 0.2) is 11.6 Å². The van der Waals surface area contributed by atoms with E-state index in [-0.39, 0.29) is 23.5 Å². The van der Waals surface area contributed by atoms with Crippen LogP contribution in [-0.4, -0.2) is 18.0 Å². The van der Waals surface area contributed by atoms with E-state index in [1.54, 1.807) is 0 Å². The van der Waals surface area contributed by atoms with Crippen molar-refractivity contribution in [2.24, 2.45) is 16.7 Å². The summed E-state index contributed by atoms with van der Waals surface area (Å²) < 4.78 is 12.2. The summed E-state index contributed by atoms with van der Waals surface area (Å²) in [4.78, 5) is 0. The number of hydrogen-bond donors (Lipinski definition) is 0. The normalized spacial score (nSPS) is 48.4. The van der Waals surface area contributed by atoms with E-state index in [1.807, 2.05) is 13.8 Å². The van der Waals surface area contributed by atoms with Gasteiger partial charge in [-0.3, -0.25) is 0 Å². The molecule has 0 bridgehead atoms. The Morgan fingerprint density at radius 2 is 1.77 bits per heavy atom. The second kappa shape index (κ2) is 4.34. The highest BCUT2D eigenvalue weighted by Gasteiger charge is 2.80. The zero-order chi connectivity index (χ0) is 15.6. The van der Waals surface area contributed by atoms with Gasteiger partial charge in [0.05, 0.1) is 24.3 Å². The van der Waals surface area contributed by atoms with Crippen LogP contribution in [0.2, 0.25) is 0 Å². The lowest BCUT2D eigenvalue weighted by atomic mass is 9.79. The topological polar surface area (TPSA) is 66.0 Å². The van der Waals surface area contributed by atoms with Crippen molar-refractivity contribution in [3.05, 3.63) is 11.6 Å². The zero-order valence-electron chi connectivity index (χ0n) is 13.3. The molecule has 1 aliphatic heterocycles. The van der Waals surface area contributed by atoms with E-state index in [0.717, 1.165) is 38.5 Å². The molecule has 4 rings (SSSR count). The monoisotopic (exact) mass is 298 g/mol. The van der Waals surface area contributed by atoms with Gasteiger partial charge in [0.15, 0.2) is 11.2 Å². The van der Waals surface area contributed by atoms with Crippen LogP contribution in [0.1, 0.15) is 52.4 Å². The van der Waals surface area contributed by atoms with Crippen LogP contribution >= 0.6 is 0 Å². The van der Waals surface area contributed by atoms with E-state index < -0.39 is 11.2 Å². The Hall–Kier alpha value is -1.36. The van der Waals surface area contributed by atoms with Crippen molar-refractivity contribution in [3.8, 4) is 12.1 Å². The molecule has 1 heterocycles. The van der Waals surface area contributed by atoms with E-state index >= 15 is 0 Å². The summed E-state index contributed by atoms with van der Waals surface area (Å²) in [5.41, 5.74) is 0.220. The van der Waals surface area contributed by atoms with Crippen molar-refractivity contribution in [1.29, 1.82) is 10.5 Å². The molecule has 1 saturated heterocycles. The van der Waals surface area contributed by atoms with Crippen molar-refractivity contribution in [2.45, 2.75) is 70.4 Å². The molecule has 22 heavy (non-hydrogen) atoms. The molecule has 0 aromatic heterocycles. The molecule has 116 valence electrons. The van der Waals surface area contributed by atoms with Crippen LogP contribution in [0.25, 0.3) is 0 Å². The van der Waals surface area contributed by atoms with Crippen molar-refractivity contribution in [3.63, 3.8) is 0 Å². The number of nitriles is 2. The largest absolute Gasteiger partial charge is 0.341 e. The zero-order valence-corrected chi connectivity index (χ0v) is 13.3. The Balaban J connectivity index is 1.71. The summed E-state index contributed by atoms with van der Waals surface area (Å²) in [6, 6.07) is 4.75. The van der Waals surface area contributed by atoms with Crippen LogP contribution in [0, 0.1) is 39.4 Å². The lowest BCUT2D eigenvalue weighted by Gasteiger charge is -2.23. The maximum Gasteiger partial charge on any atom is 0.189 e. The Morgan fingerprint density at radius 3 is 2.41 bits per heavy atom. The molecule has 4 aliphatic rings. The lowest BCUT2D eigenvalue weighted by molar-refractivity contribution is -0.132. The molecule has 4 heteroatoms. The van der Waals surface area contributed by atoms with Crippen LogP contribution in [0.3, 0.4) is 0 Å². The van der Waals surface area contributed by atoms with Crippen LogP contribution in [-0.2, 0) is 9.47 Å². The number of rotatable bonds is 1. The molecule has 4 atom stereocenters. The maximum absolute atomic E-state index is 9.69. The first-order chi connectivity index (χ1) is 10.5. The average Bonchev–Trinajstić information content (AvgIpc) is 2.72. The molecule has 1 spiro atoms. The van der Waals surface area contributed by atoms with Gasteiger partial charge in [-0.25, -0.2) is 0 Å². The third kappa shape index (κ3) is 1.48. The molecule has 3 aliphatic carbocycles. The third-order valence-electron chi connectivity index (χ3n) is 6.55. The SMILES string of the molecule is CC1OC2(C=C(C34CCCCC3C4(C#N)C#N)CC2)OC1C. The summed E-state index contributed by atoms with van der Waals surface area (Å²) in [7, 11) is 0. The highest BCUT2D eigenvalue weighted by Crippen LogP contribution is 2.79. The Morgan fingerprint density at radius 1 is 1.09 bits per heavy atom. The second-order valence-corrected chi connectivity index (χ2v) is 7.43. The van der Waals surface area contributed by atoms with E-state index in [9.17, 15) is 10.5 Å². The van der Waals surface area contributed by atoms with Gasteiger partial charge in [-0.2, -0.15) is 10.5 Å². The smallest absolute Gasteiger partial charge is 0.189 e. The molecule has 4 nitrogen and oxygen atoms in total. The predicted octanol–water partition coefficient (Wildman–Crippen LogP) is 3.45. The fourth-order valence-corrected chi connectivity index (χ4v) is 5.33. The molecule has 4 unspecified atom stereocenters. The number of ether oxygens (including phenoxy) is 2. The fraction of sp³-hybridized carbons (Fsp3) is 0.778. The van der Waals surface area contributed by atoms with E-state index in [2.05, 4.69) is 18.2 Å². The molecule has 3 fully saturated rings. The van der Waals surface area contributed by atoms with Gasteiger partial charge >= 0.3 is 0 Å². The molecular formula is C18H22N2O2. The van der Waals surface area contributed by atoms with E-state index in [1.165, 1.54) is 5.57 Å². The first kappa shape index (κ1) is 14.2. The van der Waals surface area contributed by atoms with Gasteiger partial charge in [0.1, 0.15) is 0 Å². The number of allylic oxidation sites excluding steroid dienone is 1. The van der Waals surface area contributed by atoms with E-state index in [4.69, 9.17) is 9.47 Å². The molecule has 0 amide bonds. The number of hydrogen-bond acceptors (Lipinski definition) is 4. The molecular weight excluding hydrogens is 276 g/mol. The van der Waals surface area contributed by atoms with Crippen molar-refractivity contribution in [1.82, 2.24) is 0 Å². The highest BCUT2D eigenvalue weighted by molar-refractivity contribution is 5.49. The van der Waals surface area contributed by atoms with E-state index in [0.29, 0.717) is 0 Å². The van der Waals surface area contributed by atoms with Crippen molar-refractivity contribution >= 4 is 0 Å². The standard InChI is InChI=1S/C18H22N2O2/c1-12-13(2)22-17(21-12)8-6-14(9-17)18-7-4-3-5-15(18)16(18,10-19)11-20/h9,12-13,15H,3-8H2,1-2H3. The molecule has 2 saturated carbocycles. The quantitative estimate of drug-likeness (QED) is 0.695. The Bertz CT molecular complexity index is 602. The number of nitrogens with zero attached hydrogens (tertiary/aromatic N) is 2. The summed E-state index contributed by atoms with van der Waals surface area (Å²) in [6.07, 6.45) is 8.22.